The van der Waals surface area contributed by atoms with Gasteiger partial charge in [0.25, 0.3) is 5.91 Å². The van der Waals surface area contributed by atoms with Gasteiger partial charge in [-0.15, -0.1) is 10.2 Å². The molecule has 1 saturated carbocycles. The molecule has 0 bridgehead atoms. The number of pyridine rings is 1. The maximum absolute atomic E-state index is 12.8. The molecule has 1 aliphatic carbocycles. The molecule has 160 valence electrons. The molecule has 9 nitrogen and oxygen atoms in total. The number of carbonyl (C=O) groups excluding carboxylic acids is 3. The quantitative estimate of drug-likeness (QED) is 0.479. The number of thioether (sulfide) groups is 1. The normalized spacial score (nSPS) is 18.2. The number of amides is 4. The lowest BCUT2D eigenvalue weighted by molar-refractivity contribution is -0.139. The van der Waals surface area contributed by atoms with Crippen molar-refractivity contribution in [3.05, 3.63) is 35.9 Å². The summed E-state index contributed by atoms with van der Waals surface area (Å²) in [6.45, 7) is 2.02. The minimum atomic E-state index is -0.865. The van der Waals surface area contributed by atoms with Crippen molar-refractivity contribution in [2.75, 3.05) is 5.75 Å². The van der Waals surface area contributed by atoms with E-state index in [1.807, 2.05) is 41.7 Å². The van der Waals surface area contributed by atoms with Crippen molar-refractivity contribution in [2.45, 2.75) is 49.7 Å². The summed E-state index contributed by atoms with van der Waals surface area (Å²) < 4.78 is 1.91. The zero-order chi connectivity index (χ0) is 21.6. The molecule has 2 N–H and O–H groups in total. The van der Waals surface area contributed by atoms with Gasteiger partial charge in [0.2, 0.25) is 5.91 Å². The fourth-order valence-electron chi connectivity index (χ4n) is 4.47. The number of carbonyl (C=O) groups is 3. The first-order valence-electron chi connectivity index (χ1n) is 10.3. The highest BCUT2D eigenvalue weighted by molar-refractivity contribution is 7.99. The number of nitrogens with one attached hydrogen (secondary N) is 2. The highest BCUT2D eigenvalue weighted by atomic mass is 32.2. The van der Waals surface area contributed by atoms with Crippen LogP contribution in [0.2, 0.25) is 0 Å². The Morgan fingerprint density at radius 2 is 1.97 bits per heavy atom. The number of hydrogen-bond acceptors (Lipinski definition) is 6. The number of imide groups is 1. The lowest BCUT2D eigenvalue weighted by Crippen LogP contribution is -2.51. The Hall–Kier alpha value is -3.14. The van der Waals surface area contributed by atoms with Gasteiger partial charge in [-0.3, -0.25) is 19.4 Å². The molecular formula is C21H22N6O3S. The molecule has 0 atom stereocenters. The van der Waals surface area contributed by atoms with Crippen LogP contribution in [0.4, 0.5) is 4.79 Å². The van der Waals surface area contributed by atoms with Gasteiger partial charge in [-0.2, -0.15) is 5.01 Å². The van der Waals surface area contributed by atoms with Gasteiger partial charge in [0.1, 0.15) is 5.54 Å². The van der Waals surface area contributed by atoms with Crippen molar-refractivity contribution in [3.8, 4) is 0 Å². The molecule has 4 amide bonds. The molecule has 3 heterocycles. The maximum atomic E-state index is 12.8. The van der Waals surface area contributed by atoms with Crippen molar-refractivity contribution in [2.24, 2.45) is 0 Å². The molecule has 2 aromatic heterocycles. The SMILES string of the molecule is Cc1cc2nnc(SCC(=O)NN3C(=O)NC4(CCCCC4)C3=O)n2c2ccccc12. The third-order valence-corrected chi connectivity index (χ3v) is 6.94. The van der Waals surface area contributed by atoms with Crippen LogP contribution in [0.1, 0.15) is 37.7 Å². The average Bonchev–Trinajstić information content (AvgIpc) is 3.27. The third-order valence-electron chi connectivity index (χ3n) is 6.01. The Morgan fingerprint density at radius 3 is 2.77 bits per heavy atom. The number of benzene rings is 1. The second-order valence-corrected chi connectivity index (χ2v) is 9.00. The average molecular weight is 439 g/mol. The van der Waals surface area contributed by atoms with E-state index in [0.29, 0.717) is 23.6 Å². The van der Waals surface area contributed by atoms with E-state index in [0.717, 1.165) is 40.7 Å². The summed E-state index contributed by atoms with van der Waals surface area (Å²) in [5, 5.41) is 13.7. The van der Waals surface area contributed by atoms with Crippen molar-refractivity contribution in [3.63, 3.8) is 0 Å². The van der Waals surface area contributed by atoms with Crippen LogP contribution in [-0.4, -0.2) is 48.7 Å². The Bertz CT molecular complexity index is 1220. The minimum Gasteiger partial charge on any atom is -0.322 e. The van der Waals surface area contributed by atoms with Crippen molar-refractivity contribution >= 4 is 46.2 Å². The van der Waals surface area contributed by atoms with Crippen LogP contribution in [-0.2, 0) is 9.59 Å². The van der Waals surface area contributed by atoms with Crippen LogP contribution >= 0.6 is 11.8 Å². The number of rotatable bonds is 4. The van der Waals surface area contributed by atoms with Gasteiger partial charge in [-0.05, 0) is 37.5 Å². The van der Waals surface area contributed by atoms with Gasteiger partial charge in [-0.1, -0.05) is 49.2 Å². The van der Waals surface area contributed by atoms with Gasteiger partial charge < -0.3 is 5.32 Å². The Morgan fingerprint density at radius 1 is 1.19 bits per heavy atom. The van der Waals surface area contributed by atoms with Crippen molar-refractivity contribution in [1.29, 1.82) is 0 Å². The number of nitrogens with zero attached hydrogens (tertiary/aromatic N) is 4. The summed E-state index contributed by atoms with van der Waals surface area (Å²) in [4.78, 5) is 37.7. The van der Waals surface area contributed by atoms with Crippen LogP contribution in [0.5, 0.6) is 0 Å². The van der Waals surface area contributed by atoms with Gasteiger partial charge >= 0.3 is 6.03 Å². The second-order valence-electron chi connectivity index (χ2n) is 8.06. The lowest BCUT2D eigenvalue weighted by Gasteiger charge is -2.30. The fraction of sp³-hybridized carbons (Fsp3) is 0.381. The number of para-hydroxylation sites is 1. The molecule has 2 fully saturated rings. The largest absolute Gasteiger partial charge is 0.344 e. The number of fused-ring (bicyclic) bond motifs is 3. The summed E-state index contributed by atoms with van der Waals surface area (Å²) in [6.07, 6.45) is 4.04. The lowest BCUT2D eigenvalue weighted by atomic mass is 9.82. The van der Waals surface area contributed by atoms with E-state index in [4.69, 9.17) is 0 Å². The zero-order valence-electron chi connectivity index (χ0n) is 17.1. The molecule has 31 heavy (non-hydrogen) atoms. The molecule has 10 heteroatoms. The standard InChI is InChI=1S/C21H22N6O3S/c1-13-11-16-23-24-20(26(16)15-8-4-3-7-14(13)15)31-12-17(28)25-27-18(29)21(22-19(27)30)9-5-2-6-10-21/h3-4,7-8,11H,2,5-6,9-10,12H2,1H3,(H,22,30)(H,25,28). The highest BCUT2D eigenvalue weighted by Crippen LogP contribution is 2.33. The summed E-state index contributed by atoms with van der Waals surface area (Å²) in [5.41, 5.74) is 4.35. The number of hydrogen-bond donors (Lipinski definition) is 2. The van der Waals surface area contributed by atoms with E-state index < -0.39 is 17.5 Å². The molecule has 5 rings (SSSR count). The molecule has 1 aliphatic heterocycles. The molecule has 1 spiro atoms. The molecular weight excluding hydrogens is 416 g/mol. The van der Waals surface area contributed by atoms with E-state index >= 15 is 0 Å². The van der Waals surface area contributed by atoms with Crippen LogP contribution < -0.4 is 10.7 Å². The summed E-state index contributed by atoms with van der Waals surface area (Å²) in [5.74, 6) is -0.827. The first-order chi connectivity index (χ1) is 15.0. The van der Waals surface area contributed by atoms with Crippen LogP contribution in [0.3, 0.4) is 0 Å². The fourth-order valence-corrected chi connectivity index (χ4v) is 5.22. The van der Waals surface area contributed by atoms with E-state index in [1.54, 1.807) is 0 Å². The smallest absolute Gasteiger partial charge is 0.322 e. The first kappa shape index (κ1) is 19.8. The molecule has 1 aromatic carbocycles. The van der Waals surface area contributed by atoms with Crippen LogP contribution in [0.15, 0.2) is 35.5 Å². The maximum Gasteiger partial charge on any atom is 0.344 e. The number of aryl methyl sites for hydroxylation is 1. The Labute approximate surface area is 182 Å². The van der Waals surface area contributed by atoms with Gasteiger partial charge in [0.15, 0.2) is 10.8 Å². The third kappa shape index (κ3) is 3.31. The molecule has 0 unspecified atom stereocenters. The predicted molar refractivity (Wildman–Crippen MR) is 115 cm³/mol. The second kappa shape index (κ2) is 7.52. The minimum absolute atomic E-state index is 0.00689. The predicted octanol–water partition coefficient (Wildman–Crippen LogP) is 2.57. The van der Waals surface area contributed by atoms with E-state index in [-0.39, 0.29) is 11.7 Å². The summed E-state index contributed by atoms with van der Waals surface area (Å²) in [7, 11) is 0. The number of aromatic nitrogens is 3. The summed E-state index contributed by atoms with van der Waals surface area (Å²) in [6, 6.07) is 9.32. The number of urea groups is 1. The monoisotopic (exact) mass is 438 g/mol. The van der Waals surface area contributed by atoms with E-state index in [2.05, 4.69) is 20.9 Å². The van der Waals surface area contributed by atoms with E-state index in [1.165, 1.54) is 11.8 Å². The van der Waals surface area contributed by atoms with Crippen molar-refractivity contribution < 1.29 is 14.4 Å². The molecule has 0 radical (unpaired) electrons. The van der Waals surface area contributed by atoms with E-state index in [9.17, 15) is 14.4 Å². The Kier molecular flexibility index (Phi) is 4.81. The van der Waals surface area contributed by atoms with Gasteiger partial charge in [-0.25, -0.2) is 4.79 Å². The number of hydrazine groups is 1. The van der Waals surface area contributed by atoms with Crippen molar-refractivity contribution in [1.82, 2.24) is 30.3 Å². The molecule has 3 aromatic rings. The van der Waals surface area contributed by atoms with Crippen LogP contribution in [0.25, 0.3) is 16.6 Å². The highest BCUT2D eigenvalue weighted by Gasteiger charge is 2.52. The first-order valence-corrected chi connectivity index (χ1v) is 11.3. The Balaban J connectivity index is 1.31. The zero-order valence-corrected chi connectivity index (χ0v) is 17.9. The van der Waals surface area contributed by atoms with Gasteiger partial charge in [0, 0.05) is 5.39 Å². The summed E-state index contributed by atoms with van der Waals surface area (Å²) >= 11 is 1.21. The van der Waals surface area contributed by atoms with Gasteiger partial charge in [0.05, 0.1) is 11.3 Å². The topological polar surface area (TPSA) is 109 Å². The van der Waals surface area contributed by atoms with Crippen LogP contribution in [0, 0.1) is 6.92 Å². The molecule has 1 saturated heterocycles. The molecule has 2 aliphatic rings.